The maximum absolute atomic E-state index is 11.1. The minimum absolute atomic E-state index is 0.337. The van der Waals surface area contributed by atoms with E-state index in [1.165, 1.54) is 4.90 Å². The molecule has 2 aromatic carbocycles. The Labute approximate surface area is 104 Å². The smallest absolute Gasteiger partial charge is 0.336 e. The van der Waals surface area contributed by atoms with E-state index in [1.54, 1.807) is 23.9 Å². The Bertz CT molecular complexity index is 532. The van der Waals surface area contributed by atoms with Gasteiger partial charge in [-0.1, -0.05) is 30.3 Å². The molecule has 0 amide bonds. The molecule has 0 saturated carbocycles. The summed E-state index contributed by atoms with van der Waals surface area (Å²) in [5.41, 5.74) is 2.03. The number of carboxylic acid groups (broad SMARTS) is 1. The summed E-state index contributed by atoms with van der Waals surface area (Å²) in [5.74, 6) is -0.894. The summed E-state index contributed by atoms with van der Waals surface area (Å²) >= 11 is 1.67. The van der Waals surface area contributed by atoms with Crippen LogP contribution >= 0.6 is 11.8 Å². The Morgan fingerprint density at radius 2 is 1.71 bits per heavy atom. The Morgan fingerprint density at radius 1 is 1.06 bits per heavy atom. The highest BCUT2D eigenvalue weighted by atomic mass is 32.2. The molecule has 0 aliphatic carbocycles. The van der Waals surface area contributed by atoms with Crippen molar-refractivity contribution in [1.29, 1.82) is 0 Å². The zero-order valence-electron chi connectivity index (χ0n) is 9.38. The average molecular weight is 244 g/mol. The third-order valence-electron chi connectivity index (χ3n) is 2.56. The van der Waals surface area contributed by atoms with Crippen LogP contribution in [-0.4, -0.2) is 17.3 Å². The lowest BCUT2D eigenvalue weighted by molar-refractivity contribution is 0.0697. The lowest BCUT2D eigenvalue weighted by Gasteiger charge is -2.06. The van der Waals surface area contributed by atoms with Crippen LogP contribution in [0.5, 0.6) is 0 Å². The minimum atomic E-state index is -0.894. The minimum Gasteiger partial charge on any atom is -0.478 e. The molecule has 2 rings (SSSR count). The van der Waals surface area contributed by atoms with Gasteiger partial charge in [0.15, 0.2) is 0 Å². The number of benzene rings is 2. The lowest BCUT2D eigenvalue weighted by Crippen LogP contribution is -1.98. The quantitative estimate of drug-likeness (QED) is 0.835. The molecule has 86 valence electrons. The molecule has 17 heavy (non-hydrogen) atoms. The fourth-order valence-electron chi connectivity index (χ4n) is 1.69. The van der Waals surface area contributed by atoms with Crippen LogP contribution in [0.25, 0.3) is 11.1 Å². The van der Waals surface area contributed by atoms with Gasteiger partial charge in [0.1, 0.15) is 0 Å². The first-order valence-corrected chi connectivity index (χ1v) is 6.41. The summed E-state index contributed by atoms with van der Waals surface area (Å²) in [7, 11) is 0. The zero-order chi connectivity index (χ0) is 12.3. The molecule has 0 fully saturated rings. The van der Waals surface area contributed by atoms with E-state index in [-0.39, 0.29) is 0 Å². The molecular formula is C14H12O2S. The first kappa shape index (κ1) is 11.7. The van der Waals surface area contributed by atoms with Crippen LogP contribution in [0.2, 0.25) is 0 Å². The molecule has 3 heteroatoms. The predicted molar refractivity (Wildman–Crippen MR) is 70.6 cm³/mol. The van der Waals surface area contributed by atoms with Crippen molar-refractivity contribution in [2.75, 3.05) is 6.26 Å². The molecular weight excluding hydrogens is 232 g/mol. The largest absolute Gasteiger partial charge is 0.478 e. The number of rotatable bonds is 3. The standard InChI is InChI=1S/C14H12O2S/c1-17-11-8-6-10(7-9-11)12-4-2-3-5-13(12)14(15)16/h2-9H,1H3,(H,15,16). The van der Waals surface area contributed by atoms with Gasteiger partial charge in [-0.15, -0.1) is 11.8 Å². The molecule has 0 aliphatic rings. The molecule has 1 N–H and O–H groups in total. The summed E-state index contributed by atoms with van der Waals surface area (Å²) in [5, 5.41) is 9.12. The first-order chi connectivity index (χ1) is 8.22. The predicted octanol–water partition coefficient (Wildman–Crippen LogP) is 3.77. The summed E-state index contributed by atoms with van der Waals surface area (Å²) in [6, 6.07) is 14.9. The van der Waals surface area contributed by atoms with E-state index in [2.05, 4.69) is 0 Å². The van der Waals surface area contributed by atoms with Crippen LogP contribution in [0.15, 0.2) is 53.4 Å². The molecule has 0 heterocycles. The van der Waals surface area contributed by atoms with Gasteiger partial charge in [0.05, 0.1) is 5.56 Å². The van der Waals surface area contributed by atoms with Crippen molar-refractivity contribution >= 4 is 17.7 Å². The van der Waals surface area contributed by atoms with Gasteiger partial charge in [0, 0.05) is 4.90 Å². The van der Waals surface area contributed by atoms with Gasteiger partial charge in [-0.25, -0.2) is 4.79 Å². The van der Waals surface area contributed by atoms with Crippen molar-refractivity contribution < 1.29 is 9.90 Å². The maximum atomic E-state index is 11.1. The van der Waals surface area contributed by atoms with Crippen molar-refractivity contribution in [3.63, 3.8) is 0 Å². The molecule has 0 unspecified atom stereocenters. The topological polar surface area (TPSA) is 37.3 Å². The van der Waals surface area contributed by atoms with Gasteiger partial charge in [0.25, 0.3) is 0 Å². The van der Waals surface area contributed by atoms with Crippen LogP contribution < -0.4 is 0 Å². The highest BCUT2D eigenvalue weighted by Gasteiger charge is 2.10. The third-order valence-corrected chi connectivity index (χ3v) is 3.30. The molecule has 2 aromatic rings. The van der Waals surface area contributed by atoms with Crippen LogP contribution in [0.4, 0.5) is 0 Å². The van der Waals surface area contributed by atoms with Crippen molar-refractivity contribution in [3.8, 4) is 11.1 Å². The molecule has 0 atom stereocenters. The van der Waals surface area contributed by atoms with E-state index in [4.69, 9.17) is 5.11 Å². The van der Waals surface area contributed by atoms with E-state index in [9.17, 15) is 4.79 Å². The SMILES string of the molecule is CSc1ccc(-c2ccccc2C(=O)O)cc1. The van der Waals surface area contributed by atoms with Gasteiger partial charge in [-0.05, 0) is 35.6 Å². The Morgan fingerprint density at radius 3 is 2.29 bits per heavy atom. The molecule has 0 aromatic heterocycles. The Hall–Kier alpha value is -1.74. The Balaban J connectivity index is 2.48. The van der Waals surface area contributed by atoms with Gasteiger partial charge in [0.2, 0.25) is 0 Å². The second-order valence-electron chi connectivity index (χ2n) is 3.58. The normalized spacial score (nSPS) is 10.2. The summed E-state index contributed by atoms with van der Waals surface area (Å²) in [6.07, 6.45) is 2.01. The van der Waals surface area contributed by atoms with Crippen LogP contribution in [0, 0.1) is 0 Å². The molecule has 0 spiro atoms. The van der Waals surface area contributed by atoms with Crippen molar-refractivity contribution in [2.24, 2.45) is 0 Å². The van der Waals surface area contributed by atoms with Gasteiger partial charge in [-0.2, -0.15) is 0 Å². The fourth-order valence-corrected chi connectivity index (χ4v) is 2.10. The molecule has 0 aliphatic heterocycles. The van der Waals surface area contributed by atoms with Gasteiger partial charge >= 0.3 is 5.97 Å². The number of carbonyl (C=O) groups is 1. The maximum Gasteiger partial charge on any atom is 0.336 e. The van der Waals surface area contributed by atoms with E-state index in [0.717, 1.165) is 11.1 Å². The lowest BCUT2D eigenvalue weighted by atomic mass is 10.00. The van der Waals surface area contributed by atoms with Crippen molar-refractivity contribution in [2.45, 2.75) is 4.90 Å². The monoisotopic (exact) mass is 244 g/mol. The molecule has 0 bridgehead atoms. The second kappa shape index (κ2) is 5.06. The summed E-state index contributed by atoms with van der Waals surface area (Å²) < 4.78 is 0. The first-order valence-electron chi connectivity index (χ1n) is 5.19. The van der Waals surface area contributed by atoms with E-state index in [1.807, 2.05) is 42.7 Å². The molecule has 0 saturated heterocycles. The fraction of sp³-hybridized carbons (Fsp3) is 0.0714. The number of hydrogen-bond donors (Lipinski definition) is 1. The number of hydrogen-bond acceptors (Lipinski definition) is 2. The van der Waals surface area contributed by atoms with Crippen LogP contribution in [0.3, 0.4) is 0 Å². The number of aromatic carboxylic acids is 1. The Kier molecular flexibility index (Phi) is 3.49. The van der Waals surface area contributed by atoms with Crippen molar-refractivity contribution in [3.05, 3.63) is 54.1 Å². The summed E-state index contributed by atoms with van der Waals surface area (Å²) in [6.45, 7) is 0. The third kappa shape index (κ3) is 2.50. The van der Waals surface area contributed by atoms with Gasteiger partial charge in [-0.3, -0.25) is 0 Å². The van der Waals surface area contributed by atoms with Crippen molar-refractivity contribution in [1.82, 2.24) is 0 Å². The van der Waals surface area contributed by atoms with Gasteiger partial charge < -0.3 is 5.11 Å². The molecule has 0 radical (unpaired) electrons. The number of carboxylic acids is 1. The zero-order valence-corrected chi connectivity index (χ0v) is 10.2. The van der Waals surface area contributed by atoms with E-state index >= 15 is 0 Å². The number of thioether (sulfide) groups is 1. The van der Waals surface area contributed by atoms with Crippen LogP contribution in [0.1, 0.15) is 10.4 Å². The second-order valence-corrected chi connectivity index (χ2v) is 4.46. The highest BCUT2D eigenvalue weighted by molar-refractivity contribution is 7.98. The van der Waals surface area contributed by atoms with E-state index < -0.39 is 5.97 Å². The average Bonchev–Trinajstić information content (AvgIpc) is 2.39. The van der Waals surface area contributed by atoms with Crippen LogP contribution in [-0.2, 0) is 0 Å². The van der Waals surface area contributed by atoms with E-state index in [0.29, 0.717) is 5.56 Å². The highest BCUT2D eigenvalue weighted by Crippen LogP contribution is 2.26. The molecule has 2 nitrogen and oxygen atoms in total. The summed E-state index contributed by atoms with van der Waals surface area (Å²) in [4.78, 5) is 12.3.